The van der Waals surface area contributed by atoms with Crippen LogP contribution in [0.4, 0.5) is 28.6 Å². The molecule has 3 nitrogen and oxygen atoms in total. The maximum Gasteiger partial charge on any atom is 0.337 e. The van der Waals surface area contributed by atoms with E-state index in [1.165, 1.54) is 98.6 Å². The average molecular weight is 897 g/mol. The largest absolute Gasteiger partial charge is 0.440 e. The van der Waals surface area contributed by atoms with Crippen LogP contribution in [0.3, 0.4) is 0 Å². The van der Waals surface area contributed by atoms with Crippen molar-refractivity contribution < 1.29 is 4.42 Å². The molecule has 332 valence electrons. The first-order chi connectivity index (χ1) is 32.8. The van der Waals surface area contributed by atoms with E-state index in [1.54, 1.807) is 0 Å². The molecule has 4 heterocycles. The first kappa shape index (κ1) is 41.4. The molecule has 0 saturated heterocycles. The van der Waals surface area contributed by atoms with Gasteiger partial charge in [-0.1, -0.05) is 188 Å². The van der Waals surface area contributed by atoms with Crippen LogP contribution in [0.25, 0.3) is 33.2 Å². The van der Waals surface area contributed by atoms with Gasteiger partial charge in [0.15, 0.2) is 8.07 Å². The molecular formula is C63H57BN2OSi. The minimum absolute atomic E-state index is 0.0155. The van der Waals surface area contributed by atoms with Crippen LogP contribution >= 0.6 is 0 Å². The van der Waals surface area contributed by atoms with Crippen LogP contribution in [0.2, 0.25) is 0 Å². The van der Waals surface area contributed by atoms with Crippen molar-refractivity contribution in [3.8, 4) is 22.3 Å². The summed E-state index contributed by atoms with van der Waals surface area (Å²) in [7, 11) is -2.90. The Morgan fingerprint density at radius 2 is 1.16 bits per heavy atom. The molecular weight excluding hydrogens is 840 g/mol. The van der Waals surface area contributed by atoms with Gasteiger partial charge in [0.05, 0.1) is 5.69 Å². The summed E-state index contributed by atoms with van der Waals surface area (Å²) in [6.07, 6.45) is 2.28. The summed E-state index contributed by atoms with van der Waals surface area (Å²) >= 11 is 0. The number of fused-ring (bicyclic) bond motifs is 9. The molecule has 3 aliphatic heterocycles. The van der Waals surface area contributed by atoms with Crippen molar-refractivity contribution in [2.45, 2.75) is 84.5 Å². The predicted octanol–water partition coefficient (Wildman–Crippen LogP) is 12.5. The average Bonchev–Trinajstić information content (AvgIpc) is 3.72. The molecule has 0 spiro atoms. The van der Waals surface area contributed by atoms with Gasteiger partial charge in [-0.15, -0.1) is 0 Å². The van der Waals surface area contributed by atoms with Crippen LogP contribution < -0.4 is 41.4 Å². The molecule has 0 amide bonds. The predicted molar refractivity (Wildman–Crippen MR) is 291 cm³/mol. The molecule has 1 aliphatic carbocycles. The summed E-state index contributed by atoms with van der Waals surface area (Å²) in [6.45, 7) is 18.8. The molecule has 0 atom stereocenters. The summed E-state index contributed by atoms with van der Waals surface area (Å²) in [5.41, 5.74) is 18.8. The van der Waals surface area contributed by atoms with Crippen LogP contribution in [0, 0.1) is 6.92 Å². The lowest BCUT2D eigenvalue weighted by Gasteiger charge is -2.51. The second-order valence-electron chi connectivity index (χ2n) is 22.4. The fourth-order valence-corrected chi connectivity index (χ4v) is 18.0. The number of aryl methyl sites for hydroxylation is 1. The van der Waals surface area contributed by atoms with Crippen LogP contribution in [0.1, 0.15) is 83.6 Å². The van der Waals surface area contributed by atoms with Crippen LogP contribution in [-0.4, -0.2) is 14.9 Å². The second kappa shape index (κ2) is 14.4. The molecule has 1 aromatic heterocycles. The Morgan fingerprint density at radius 3 is 1.84 bits per heavy atom. The number of rotatable bonds is 4. The van der Waals surface area contributed by atoms with Gasteiger partial charge in [-0.05, 0) is 132 Å². The topological polar surface area (TPSA) is 19.6 Å². The first-order valence-corrected chi connectivity index (χ1v) is 26.7. The van der Waals surface area contributed by atoms with Gasteiger partial charge in [-0.3, -0.25) is 4.90 Å². The van der Waals surface area contributed by atoms with E-state index in [4.69, 9.17) is 4.42 Å². The van der Waals surface area contributed by atoms with E-state index >= 15 is 0 Å². The Labute approximate surface area is 403 Å². The van der Waals surface area contributed by atoms with Gasteiger partial charge in [-0.25, -0.2) is 0 Å². The maximum atomic E-state index is 7.67. The lowest BCUT2D eigenvalue weighted by atomic mass is 9.43. The van der Waals surface area contributed by atoms with E-state index in [0.29, 0.717) is 0 Å². The Balaban J connectivity index is 1.20. The highest BCUT2D eigenvalue weighted by Gasteiger charge is 2.56. The third-order valence-electron chi connectivity index (χ3n) is 16.4. The number of furan rings is 1. The highest BCUT2D eigenvalue weighted by molar-refractivity contribution is 7.22. The van der Waals surface area contributed by atoms with E-state index in [2.05, 4.69) is 241 Å². The molecule has 0 bridgehead atoms. The molecule has 9 aromatic rings. The molecule has 0 fully saturated rings. The van der Waals surface area contributed by atoms with Crippen molar-refractivity contribution in [1.29, 1.82) is 0 Å². The van der Waals surface area contributed by atoms with Crippen LogP contribution in [0.5, 0.6) is 0 Å². The Bertz CT molecular complexity index is 3490. The number of hydrogen-bond acceptors (Lipinski definition) is 3. The molecule has 68 heavy (non-hydrogen) atoms. The summed E-state index contributed by atoms with van der Waals surface area (Å²) in [4.78, 5) is 5.28. The van der Waals surface area contributed by atoms with E-state index < -0.39 is 8.07 Å². The fourth-order valence-electron chi connectivity index (χ4n) is 12.9. The number of nitrogens with zero attached hydrogens (tertiary/aromatic N) is 2. The number of hydrogen-bond donors (Lipinski definition) is 0. The van der Waals surface area contributed by atoms with Gasteiger partial charge in [-0.2, -0.15) is 0 Å². The zero-order valence-electron chi connectivity index (χ0n) is 40.5. The molecule has 8 aromatic carbocycles. The monoisotopic (exact) mass is 896 g/mol. The van der Waals surface area contributed by atoms with Crippen molar-refractivity contribution in [2.24, 2.45) is 0 Å². The molecule has 13 rings (SSSR count). The Morgan fingerprint density at radius 1 is 0.544 bits per heavy atom. The van der Waals surface area contributed by atoms with E-state index in [9.17, 15) is 0 Å². The summed E-state index contributed by atoms with van der Waals surface area (Å²) in [5, 5.41) is 6.86. The van der Waals surface area contributed by atoms with Gasteiger partial charge >= 0.3 is 6.85 Å². The molecule has 4 aliphatic rings. The first-order valence-electron chi connectivity index (χ1n) is 24.7. The summed E-state index contributed by atoms with van der Waals surface area (Å²) < 4.78 is 7.67. The summed E-state index contributed by atoms with van der Waals surface area (Å²) in [6, 6.07) is 67.6. The standard InChI is InChI=1S/C63H57BN2OSi/c1-40-35-47-45-27-20-30-56-59(45)66(52-28-18-19-29-55(52)68(56,43-23-14-10-15-24-43)44-25-16-11-17-26-44)64-57(47)53(36-40)65(51-32-31-42(61(2,3)4)37-46(51)41-21-12-9-13-22-41)60-58(64)48-38-49-50(39-54(48)67-60)63(7,8)34-33-62(49,5)6/h9-32,35-39H,33-34H2,1-8H3. The van der Waals surface area contributed by atoms with Crippen molar-refractivity contribution >= 4 is 86.2 Å². The third kappa shape index (κ3) is 5.66. The minimum Gasteiger partial charge on any atom is -0.440 e. The van der Waals surface area contributed by atoms with Gasteiger partial charge in [0, 0.05) is 39.0 Å². The van der Waals surface area contributed by atoms with Gasteiger partial charge in [0.2, 0.25) is 5.88 Å². The highest BCUT2D eigenvalue weighted by atomic mass is 28.3. The van der Waals surface area contributed by atoms with Crippen molar-refractivity contribution in [3.05, 3.63) is 198 Å². The fraction of sp³-hybridized carbons (Fsp3) is 0.206. The van der Waals surface area contributed by atoms with Crippen molar-refractivity contribution in [3.63, 3.8) is 0 Å². The van der Waals surface area contributed by atoms with Crippen molar-refractivity contribution in [2.75, 3.05) is 9.71 Å². The van der Waals surface area contributed by atoms with Crippen molar-refractivity contribution in [1.82, 2.24) is 0 Å². The molecule has 0 N–H and O–H groups in total. The van der Waals surface area contributed by atoms with E-state index in [-0.39, 0.29) is 23.1 Å². The van der Waals surface area contributed by atoms with Gasteiger partial charge < -0.3 is 9.23 Å². The van der Waals surface area contributed by atoms with E-state index in [1.807, 2.05) is 0 Å². The lowest BCUT2D eigenvalue weighted by Crippen LogP contribution is -2.79. The lowest BCUT2D eigenvalue weighted by molar-refractivity contribution is 0.332. The maximum absolute atomic E-state index is 7.67. The van der Waals surface area contributed by atoms with Gasteiger partial charge in [0.1, 0.15) is 5.58 Å². The highest BCUT2D eigenvalue weighted by Crippen LogP contribution is 2.53. The molecule has 0 radical (unpaired) electrons. The molecule has 0 saturated carbocycles. The zero-order chi connectivity index (χ0) is 46.5. The number of para-hydroxylation sites is 2. The summed E-state index contributed by atoms with van der Waals surface area (Å²) in [5.74, 6) is 0.909. The SMILES string of the molecule is Cc1cc2c3c(c1)N(c1ccc(C(C)(C)C)cc1-c1ccccc1)c1oc4cc5c(cc4c1B3N1c3ccccc3[Si](c3ccccc3)(c3ccccc3)c3cccc-2c31)C(C)(C)CCC5(C)C. The quantitative estimate of drug-likeness (QED) is 0.164. The second-order valence-corrected chi connectivity index (χ2v) is 26.1. The Hall–Kier alpha value is -6.82. The third-order valence-corrected chi connectivity index (χ3v) is 21.2. The Kier molecular flexibility index (Phi) is 8.73. The smallest absolute Gasteiger partial charge is 0.337 e. The molecule has 5 heteroatoms. The number of anilines is 5. The van der Waals surface area contributed by atoms with Crippen LogP contribution in [0.15, 0.2) is 180 Å². The van der Waals surface area contributed by atoms with E-state index in [0.717, 1.165) is 30.0 Å². The normalized spacial score (nSPS) is 16.7. The number of benzene rings is 8. The molecule has 0 unspecified atom stereocenters. The van der Waals surface area contributed by atoms with Crippen LogP contribution in [-0.2, 0) is 16.2 Å². The minimum atomic E-state index is -2.90. The van der Waals surface area contributed by atoms with Gasteiger partial charge in [0.25, 0.3) is 0 Å². The zero-order valence-corrected chi connectivity index (χ0v) is 41.5.